The van der Waals surface area contributed by atoms with Crippen LogP contribution in [-0.2, 0) is 22.7 Å². The van der Waals surface area contributed by atoms with E-state index in [2.05, 4.69) is 41.4 Å². The van der Waals surface area contributed by atoms with Crippen molar-refractivity contribution in [2.45, 2.75) is 13.1 Å². The van der Waals surface area contributed by atoms with Gasteiger partial charge in [-0.05, 0) is 36.4 Å². The van der Waals surface area contributed by atoms with Gasteiger partial charge in [-0.25, -0.2) is 9.37 Å². The lowest BCUT2D eigenvalue weighted by Crippen LogP contribution is -2.23. The molecule has 13 heteroatoms. The van der Waals surface area contributed by atoms with Crippen LogP contribution in [0.5, 0.6) is 0 Å². The van der Waals surface area contributed by atoms with Gasteiger partial charge in [0.15, 0.2) is 11.6 Å². The standard InChI is InChI=1S/C24H23FN10O2/c1-26-21(36)12-34-19-7-16(5-3-14(19)9-29-34)31-23-18(25)11-28-24(33-23)32-17-6-4-15-10-30-35(20(15)8-17)13-22(37)27-2/h3-11H,12-13H2,1-2H3,(H,26,36)(H,27,37)(H2,28,31,32,33). The second kappa shape index (κ2) is 9.89. The van der Waals surface area contributed by atoms with Gasteiger partial charge in [0.1, 0.15) is 13.1 Å². The summed E-state index contributed by atoms with van der Waals surface area (Å²) in [4.78, 5) is 31.9. The van der Waals surface area contributed by atoms with Crippen LogP contribution in [0.2, 0.25) is 0 Å². The number of nitrogens with one attached hydrogen (secondary N) is 4. The van der Waals surface area contributed by atoms with Gasteiger partial charge in [-0.15, -0.1) is 0 Å². The Kier molecular flexibility index (Phi) is 6.32. The first-order valence-electron chi connectivity index (χ1n) is 11.3. The van der Waals surface area contributed by atoms with Gasteiger partial charge in [0.2, 0.25) is 17.8 Å². The number of anilines is 4. The highest BCUT2D eigenvalue weighted by atomic mass is 19.1. The molecular formula is C24H23FN10O2. The second-order valence-corrected chi connectivity index (χ2v) is 8.14. The molecule has 0 radical (unpaired) electrons. The number of benzene rings is 2. The number of nitrogens with zero attached hydrogens (tertiary/aromatic N) is 6. The first-order valence-corrected chi connectivity index (χ1v) is 11.3. The van der Waals surface area contributed by atoms with Crippen molar-refractivity contribution in [3.05, 3.63) is 60.8 Å². The van der Waals surface area contributed by atoms with Gasteiger partial charge in [0.25, 0.3) is 0 Å². The molecule has 12 nitrogen and oxygen atoms in total. The van der Waals surface area contributed by atoms with E-state index in [0.29, 0.717) is 16.9 Å². The fourth-order valence-electron chi connectivity index (χ4n) is 3.76. The van der Waals surface area contributed by atoms with Gasteiger partial charge in [-0.3, -0.25) is 19.0 Å². The molecule has 0 bridgehead atoms. The zero-order valence-electron chi connectivity index (χ0n) is 20.0. The van der Waals surface area contributed by atoms with Gasteiger partial charge >= 0.3 is 0 Å². The molecule has 0 aliphatic carbocycles. The van der Waals surface area contributed by atoms with Crippen LogP contribution in [-0.4, -0.2) is 55.4 Å². The van der Waals surface area contributed by atoms with E-state index in [9.17, 15) is 14.0 Å². The molecule has 2 amide bonds. The minimum Gasteiger partial charge on any atom is -0.358 e. The quantitative estimate of drug-likeness (QED) is 0.253. The molecule has 0 aliphatic rings. The van der Waals surface area contributed by atoms with Crippen LogP contribution in [0.25, 0.3) is 21.8 Å². The van der Waals surface area contributed by atoms with Crippen molar-refractivity contribution in [3.63, 3.8) is 0 Å². The van der Waals surface area contributed by atoms with E-state index in [-0.39, 0.29) is 36.7 Å². The van der Waals surface area contributed by atoms with E-state index in [0.717, 1.165) is 22.5 Å². The SMILES string of the molecule is CNC(=O)Cn1ncc2ccc(Nc3ncc(F)c(Nc4ccc5cnn(CC(=O)NC)c5c4)n3)cc21. The highest BCUT2D eigenvalue weighted by Crippen LogP contribution is 2.25. The molecule has 0 aliphatic heterocycles. The number of hydrogen-bond donors (Lipinski definition) is 4. The predicted octanol–water partition coefficient (Wildman–Crippen LogP) is 2.29. The molecule has 2 aromatic carbocycles. The monoisotopic (exact) mass is 502 g/mol. The van der Waals surface area contributed by atoms with E-state index >= 15 is 0 Å². The van der Waals surface area contributed by atoms with Crippen molar-refractivity contribution in [1.29, 1.82) is 0 Å². The zero-order valence-corrected chi connectivity index (χ0v) is 20.0. The molecule has 0 saturated heterocycles. The third-order valence-corrected chi connectivity index (χ3v) is 5.70. The molecule has 4 N–H and O–H groups in total. The Morgan fingerprint density at radius 3 is 1.89 bits per heavy atom. The summed E-state index contributed by atoms with van der Waals surface area (Å²) < 4.78 is 17.7. The molecule has 0 spiro atoms. The summed E-state index contributed by atoms with van der Waals surface area (Å²) in [5.74, 6) is -0.846. The maximum Gasteiger partial charge on any atom is 0.241 e. The normalized spacial score (nSPS) is 11.0. The number of carbonyl (C=O) groups is 2. The van der Waals surface area contributed by atoms with Crippen molar-refractivity contribution in [2.75, 3.05) is 24.7 Å². The molecule has 5 aromatic rings. The minimum absolute atomic E-state index is 0.0278. The third-order valence-electron chi connectivity index (χ3n) is 5.70. The summed E-state index contributed by atoms with van der Waals surface area (Å²) in [5.41, 5.74) is 2.66. The Morgan fingerprint density at radius 1 is 0.811 bits per heavy atom. The number of amides is 2. The first-order chi connectivity index (χ1) is 17.9. The Labute approximate surface area is 209 Å². The Morgan fingerprint density at radius 2 is 1.35 bits per heavy atom. The van der Waals surface area contributed by atoms with E-state index in [4.69, 9.17) is 0 Å². The largest absolute Gasteiger partial charge is 0.358 e. The minimum atomic E-state index is -0.636. The van der Waals surface area contributed by atoms with Crippen molar-refractivity contribution in [1.82, 2.24) is 40.2 Å². The van der Waals surface area contributed by atoms with Crippen molar-refractivity contribution in [3.8, 4) is 0 Å². The Bertz CT molecular complexity index is 1630. The number of halogens is 1. The summed E-state index contributed by atoms with van der Waals surface area (Å²) >= 11 is 0. The summed E-state index contributed by atoms with van der Waals surface area (Å²) in [6.45, 7) is 0.142. The third kappa shape index (κ3) is 5.00. The summed E-state index contributed by atoms with van der Waals surface area (Å²) in [6.07, 6.45) is 4.41. The highest BCUT2D eigenvalue weighted by molar-refractivity contribution is 5.86. The second-order valence-electron chi connectivity index (χ2n) is 8.14. The lowest BCUT2D eigenvalue weighted by atomic mass is 10.2. The van der Waals surface area contributed by atoms with Crippen LogP contribution in [0.1, 0.15) is 0 Å². The van der Waals surface area contributed by atoms with E-state index in [1.807, 2.05) is 24.3 Å². The molecule has 3 heterocycles. The summed E-state index contributed by atoms with van der Waals surface area (Å²) in [5, 5.41) is 21.4. The number of hydrogen-bond acceptors (Lipinski definition) is 8. The van der Waals surface area contributed by atoms with E-state index in [1.54, 1.807) is 48.0 Å². The average molecular weight is 503 g/mol. The van der Waals surface area contributed by atoms with Crippen LogP contribution in [0.15, 0.2) is 55.0 Å². The molecule has 0 saturated carbocycles. The van der Waals surface area contributed by atoms with E-state index in [1.165, 1.54) is 0 Å². The fraction of sp³-hybridized carbons (Fsp3) is 0.167. The average Bonchev–Trinajstić information content (AvgIpc) is 3.49. The van der Waals surface area contributed by atoms with Crippen molar-refractivity contribution in [2.24, 2.45) is 0 Å². The van der Waals surface area contributed by atoms with Crippen molar-refractivity contribution >= 4 is 56.8 Å². The molecule has 188 valence electrons. The molecule has 0 fully saturated rings. The van der Waals surface area contributed by atoms with Crippen LogP contribution in [0.4, 0.5) is 27.5 Å². The predicted molar refractivity (Wildman–Crippen MR) is 136 cm³/mol. The molecule has 0 unspecified atom stereocenters. The van der Waals surface area contributed by atoms with Crippen LogP contribution < -0.4 is 21.3 Å². The van der Waals surface area contributed by atoms with Gasteiger partial charge in [0, 0.05) is 36.2 Å². The number of carbonyl (C=O) groups excluding carboxylic acids is 2. The van der Waals surface area contributed by atoms with Gasteiger partial charge < -0.3 is 21.3 Å². The summed E-state index contributed by atoms with van der Waals surface area (Å²) in [7, 11) is 3.12. The molecular weight excluding hydrogens is 479 g/mol. The maximum atomic E-state index is 14.6. The van der Waals surface area contributed by atoms with Gasteiger partial charge in [-0.1, -0.05) is 0 Å². The summed E-state index contributed by atoms with van der Waals surface area (Å²) in [6, 6.07) is 10.8. The molecule has 37 heavy (non-hydrogen) atoms. The Hall–Kier alpha value is -5.07. The number of fused-ring (bicyclic) bond motifs is 2. The number of aromatic nitrogens is 6. The van der Waals surface area contributed by atoms with Crippen LogP contribution >= 0.6 is 0 Å². The first kappa shape index (κ1) is 23.7. The Balaban J connectivity index is 1.38. The van der Waals surface area contributed by atoms with Crippen LogP contribution in [0, 0.1) is 5.82 Å². The van der Waals surface area contributed by atoms with Crippen molar-refractivity contribution < 1.29 is 14.0 Å². The van der Waals surface area contributed by atoms with Gasteiger partial charge in [-0.2, -0.15) is 15.2 Å². The maximum absolute atomic E-state index is 14.6. The number of rotatable bonds is 8. The molecule has 3 aromatic heterocycles. The van der Waals surface area contributed by atoms with Crippen LogP contribution in [0.3, 0.4) is 0 Å². The number of likely N-dealkylation sites (N-methyl/N-ethyl adjacent to an activating group) is 2. The highest BCUT2D eigenvalue weighted by Gasteiger charge is 2.12. The topological polar surface area (TPSA) is 144 Å². The van der Waals surface area contributed by atoms with Gasteiger partial charge in [0.05, 0.1) is 29.6 Å². The lowest BCUT2D eigenvalue weighted by molar-refractivity contribution is -0.122. The fourth-order valence-corrected chi connectivity index (χ4v) is 3.76. The zero-order chi connectivity index (χ0) is 25.9. The lowest BCUT2D eigenvalue weighted by Gasteiger charge is -2.11. The molecule has 5 rings (SSSR count). The van der Waals surface area contributed by atoms with E-state index < -0.39 is 5.82 Å². The molecule has 0 atom stereocenters. The smallest absolute Gasteiger partial charge is 0.241 e.